The van der Waals surface area contributed by atoms with E-state index in [2.05, 4.69) is 20.9 Å². The van der Waals surface area contributed by atoms with Crippen molar-refractivity contribution in [2.24, 2.45) is 18.4 Å². The lowest BCUT2D eigenvalue weighted by atomic mass is 10.1. The maximum atomic E-state index is 13.2. The zero-order valence-corrected chi connectivity index (χ0v) is 22.6. The zero-order chi connectivity index (χ0) is 29.5. The van der Waals surface area contributed by atoms with E-state index in [1.807, 2.05) is 0 Å². The van der Waals surface area contributed by atoms with E-state index in [1.165, 1.54) is 18.2 Å². The van der Waals surface area contributed by atoms with Gasteiger partial charge < -0.3 is 25.3 Å². The molecule has 220 valence electrons. The highest BCUT2D eigenvalue weighted by atomic mass is 35.5. The molecule has 0 atom stereocenters. The van der Waals surface area contributed by atoms with Crippen LogP contribution in [0.5, 0.6) is 5.75 Å². The molecule has 0 radical (unpaired) electrons. The Labute approximate surface area is 236 Å². The highest BCUT2D eigenvalue weighted by molar-refractivity contribution is 6.33. The number of benzene rings is 2. The summed E-state index contributed by atoms with van der Waals surface area (Å²) in [4.78, 5) is 29.6. The van der Waals surface area contributed by atoms with Crippen LogP contribution in [0.4, 0.5) is 33.6 Å². The SMILES string of the molecule is Cn1c(Nc2cc(CNC(=O)C3(C(F)(F)F)CC3)ccc2Cl)nc2cc(C(=O)NCC3CC3)c(OCC(F)F)cc21. The van der Waals surface area contributed by atoms with Crippen molar-refractivity contribution in [3.8, 4) is 5.75 Å². The molecule has 2 aromatic carbocycles. The molecule has 0 bridgehead atoms. The summed E-state index contributed by atoms with van der Waals surface area (Å²) < 4.78 is 72.4. The van der Waals surface area contributed by atoms with Gasteiger partial charge in [0.05, 0.1) is 27.3 Å². The van der Waals surface area contributed by atoms with Crippen molar-refractivity contribution in [2.75, 3.05) is 18.5 Å². The number of halogens is 6. The fraction of sp³-hybridized carbons (Fsp3) is 0.444. The van der Waals surface area contributed by atoms with Gasteiger partial charge in [-0.2, -0.15) is 13.2 Å². The number of aromatic nitrogens is 2. The predicted molar refractivity (Wildman–Crippen MR) is 142 cm³/mol. The molecule has 0 unspecified atom stereocenters. The number of carbonyl (C=O) groups is 2. The maximum absolute atomic E-state index is 13.2. The minimum Gasteiger partial charge on any atom is -0.487 e. The van der Waals surface area contributed by atoms with Crippen LogP contribution in [0.15, 0.2) is 30.3 Å². The Hall–Kier alpha value is -3.61. The maximum Gasteiger partial charge on any atom is 0.403 e. The lowest BCUT2D eigenvalue weighted by Crippen LogP contribution is -2.40. The summed E-state index contributed by atoms with van der Waals surface area (Å²) in [5, 5.41) is 8.50. The quantitative estimate of drug-likeness (QED) is 0.245. The number of amides is 2. The first kappa shape index (κ1) is 28.9. The molecule has 2 fully saturated rings. The van der Waals surface area contributed by atoms with Gasteiger partial charge in [-0.25, -0.2) is 13.8 Å². The van der Waals surface area contributed by atoms with E-state index in [1.54, 1.807) is 23.7 Å². The van der Waals surface area contributed by atoms with E-state index in [-0.39, 0.29) is 41.7 Å². The Morgan fingerprint density at radius 2 is 1.90 bits per heavy atom. The molecule has 0 aliphatic heterocycles. The van der Waals surface area contributed by atoms with Gasteiger partial charge in [-0.3, -0.25) is 9.59 Å². The molecular formula is C27H27ClF5N5O3. The molecule has 8 nitrogen and oxygen atoms in total. The van der Waals surface area contributed by atoms with Crippen LogP contribution < -0.4 is 20.7 Å². The Morgan fingerprint density at radius 1 is 1.17 bits per heavy atom. The van der Waals surface area contributed by atoms with Crippen LogP contribution in [-0.2, 0) is 18.4 Å². The molecule has 3 N–H and O–H groups in total. The molecule has 1 heterocycles. The molecule has 3 aromatic rings. The Balaban J connectivity index is 1.36. The summed E-state index contributed by atoms with van der Waals surface area (Å²) in [6.07, 6.45) is -5.77. The number of imidazole rings is 1. The van der Waals surface area contributed by atoms with Crippen LogP contribution in [0.25, 0.3) is 11.0 Å². The molecular weight excluding hydrogens is 573 g/mol. The fourth-order valence-electron chi connectivity index (χ4n) is 4.45. The third kappa shape index (κ3) is 6.19. The summed E-state index contributed by atoms with van der Waals surface area (Å²) in [5.74, 6) is -0.839. The third-order valence-corrected chi connectivity index (χ3v) is 7.63. The van der Waals surface area contributed by atoms with E-state index in [4.69, 9.17) is 16.3 Å². The number of carbonyl (C=O) groups excluding carboxylic acids is 2. The number of hydrogen-bond donors (Lipinski definition) is 3. The normalized spacial score (nSPS) is 16.1. The average Bonchev–Trinajstić information content (AvgIpc) is 3.84. The standard InChI is InChI=1S/C27H27ClF5N5O3/c1-38-20-10-21(41-13-22(29)30)16(23(39)34-11-14-2-3-14)9-19(20)37-25(38)36-18-8-15(4-5-17(18)28)12-35-24(40)26(6-7-26)27(31,32)33/h4-5,8-10,14,22H,2-3,6-7,11-13H2,1H3,(H,34,39)(H,35,40)(H,36,37). The number of rotatable bonds is 11. The molecule has 2 saturated carbocycles. The van der Waals surface area contributed by atoms with E-state index in [0.717, 1.165) is 12.8 Å². The second-order valence-corrected chi connectivity index (χ2v) is 10.8. The molecule has 14 heteroatoms. The predicted octanol–water partition coefficient (Wildman–Crippen LogP) is 5.71. The minimum absolute atomic E-state index is 0.0105. The van der Waals surface area contributed by atoms with Gasteiger partial charge >= 0.3 is 6.18 Å². The molecule has 0 spiro atoms. The second kappa shape index (κ2) is 11.0. The van der Waals surface area contributed by atoms with Gasteiger partial charge in [-0.15, -0.1) is 0 Å². The minimum atomic E-state index is -4.61. The lowest BCUT2D eigenvalue weighted by molar-refractivity contribution is -0.192. The molecule has 5 rings (SSSR count). The van der Waals surface area contributed by atoms with E-state index >= 15 is 0 Å². The third-order valence-electron chi connectivity index (χ3n) is 7.30. The second-order valence-electron chi connectivity index (χ2n) is 10.4. The molecule has 1 aromatic heterocycles. The van der Waals surface area contributed by atoms with Crippen LogP contribution in [0.2, 0.25) is 5.02 Å². The van der Waals surface area contributed by atoms with Crippen molar-refractivity contribution in [1.29, 1.82) is 0 Å². The van der Waals surface area contributed by atoms with Gasteiger partial charge in [0.1, 0.15) is 17.8 Å². The Morgan fingerprint density at radius 3 is 2.54 bits per heavy atom. The molecule has 0 saturated heterocycles. The fourth-order valence-corrected chi connectivity index (χ4v) is 4.61. The molecule has 2 aliphatic carbocycles. The van der Waals surface area contributed by atoms with Gasteiger partial charge in [0.25, 0.3) is 12.3 Å². The lowest BCUT2D eigenvalue weighted by Gasteiger charge is -2.18. The number of ether oxygens (including phenoxy) is 1. The van der Waals surface area contributed by atoms with Gasteiger partial charge in [0, 0.05) is 26.2 Å². The Bertz CT molecular complexity index is 1480. The van der Waals surface area contributed by atoms with Crippen molar-refractivity contribution in [3.05, 3.63) is 46.5 Å². The first-order valence-electron chi connectivity index (χ1n) is 13.0. The van der Waals surface area contributed by atoms with Gasteiger partial charge in [0.15, 0.2) is 0 Å². The van der Waals surface area contributed by atoms with Gasteiger partial charge in [-0.05, 0) is 55.4 Å². The highest BCUT2D eigenvalue weighted by Gasteiger charge is 2.68. The van der Waals surface area contributed by atoms with Gasteiger partial charge in [-0.1, -0.05) is 17.7 Å². The van der Waals surface area contributed by atoms with Crippen LogP contribution in [0.3, 0.4) is 0 Å². The summed E-state index contributed by atoms with van der Waals surface area (Å²) in [6, 6.07) is 7.61. The molecule has 41 heavy (non-hydrogen) atoms. The van der Waals surface area contributed by atoms with Gasteiger partial charge in [0.2, 0.25) is 11.9 Å². The molecule has 2 amide bonds. The van der Waals surface area contributed by atoms with Crippen molar-refractivity contribution >= 4 is 46.1 Å². The van der Waals surface area contributed by atoms with Crippen molar-refractivity contribution in [1.82, 2.24) is 20.2 Å². The van der Waals surface area contributed by atoms with Crippen LogP contribution in [0.1, 0.15) is 41.6 Å². The number of nitrogens with one attached hydrogen (secondary N) is 3. The van der Waals surface area contributed by atoms with E-state index in [0.29, 0.717) is 34.7 Å². The highest BCUT2D eigenvalue weighted by Crippen LogP contribution is 2.57. The van der Waals surface area contributed by atoms with Crippen LogP contribution in [-0.4, -0.2) is 47.1 Å². The molecule has 2 aliphatic rings. The van der Waals surface area contributed by atoms with Crippen molar-refractivity contribution < 1.29 is 36.3 Å². The average molecular weight is 600 g/mol. The summed E-state index contributed by atoms with van der Waals surface area (Å²) >= 11 is 6.35. The largest absolute Gasteiger partial charge is 0.487 e. The van der Waals surface area contributed by atoms with Crippen LogP contribution >= 0.6 is 11.6 Å². The smallest absolute Gasteiger partial charge is 0.403 e. The number of fused-ring (bicyclic) bond motifs is 1. The summed E-state index contributed by atoms with van der Waals surface area (Å²) in [6.45, 7) is -0.553. The number of nitrogens with zero attached hydrogens (tertiary/aromatic N) is 2. The summed E-state index contributed by atoms with van der Waals surface area (Å²) in [7, 11) is 1.66. The zero-order valence-electron chi connectivity index (χ0n) is 21.9. The van der Waals surface area contributed by atoms with Crippen LogP contribution in [0, 0.1) is 11.3 Å². The first-order chi connectivity index (χ1) is 19.4. The monoisotopic (exact) mass is 599 g/mol. The first-order valence-corrected chi connectivity index (χ1v) is 13.4. The number of anilines is 2. The topological polar surface area (TPSA) is 97.3 Å². The number of aryl methyl sites for hydroxylation is 1. The van der Waals surface area contributed by atoms with E-state index < -0.39 is 36.4 Å². The van der Waals surface area contributed by atoms with Crippen molar-refractivity contribution in [3.63, 3.8) is 0 Å². The number of alkyl halides is 5. The van der Waals surface area contributed by atoms with E-state index in [9.17, 15) is 31.5 Å². The summed E-state index contributed by atoms with van der Waals surface area (Å²) in [5.41, 5.74) is -0.510. The Kier molecular flexibility index (Phi) is 7.75. The number of hydrogen-bond acceptors (Lipinski definition) is 5. The van der Waals surface area contributed by atoms with Crippen molar-refractivity contribution in [2.45, 2.75) is 44.8 Å².